The zero-order chi connectivity index (χ0) is 18.4. The summed E-state index contributed by atoms with van der Waals surface area (Å²) in [4.78, 5) is 0. The summed E-state index contributed by atoms with van der Waals surface area (Å²) in [5.41, 5.74) is 2.12. The fourth-order valence-electron chi connectivity index (χ4n) is 3.09. The van der Waals surface area contributed by atoms with E-state index in [2.05, 4.69) is 57.8 Å². The third-order valence-electron chi connectivity index (χ3n) is 4.30. The number of phenols is 1. The molecule has 0 saturated heterocycles. The van der Waals surface area contributed by atoms with Crippen LogP contribution in [0.25, 0.3) is 0 Å². The van der Waals surface area contributed by atoms with Gasteiger partial charge in [-0.05, 0) is 74.4 Å². The SMILES string of the molecule is CCCC(C)Cc1cccc(Br)c1OC(C)Cc1cccc(Br)c1O. The highest BCUT2D eigenvalue weighted by Gasteiger charge is 2.16. The third kappa shape index (κ3) is 5.75. The molecule has 2 rings (SSSR count). The van der Waals surface area contributed by atoms with Crippen LogP contribution in [0.3, 0.4) is 0 Å². The smallest absolute Gasteiger partial charge is 0.137 e. The average Bonchev–Trinajstić information content (AvgIpc) is 2.55. The summed E-state index contributed by atoms with van der Waals surface area (Å²) in [6.07, 6.45) is 4.03. The molecule has 1 N–H and O–H groups in total. The molecule has 2 aromatic carbocycles. The van der Waals surface area contributed by atoms with Crippen molar-refractivity contribution in [1.29, 1.82) is 0 Å². The Kier molecular flexibility index (Phi) is 7.82. The van der Waals surface area contributed by atoms with Gasteiger partial charge in [0.25, 0.3) is 0 Å². The molecular weight excluding hydrogens is 444 g/mol. The van der Waals surface area contributed by atoms with Crippen LogP contribution >= 0.6 is 31.9 Å². The van der Waals surface area contributed by atoms with Gasteiger partial charge in [0.1, 0.15) is 17.6 Å². The Bertz CT molecular complexity index is 700. The summed E-state index contributed by atoms with van der Waals surface area (Å²) >= 11 is 7.00. The number of ether oxygens (including phenoxy) is 1. The zero-order valence-corrected chi connectivity index (χ0v) is 18.2. The number of aromatic hydroxyl groups is 1. The molecule has 25 heavy (non-hydrogen) atoms. The Hall–Kier alpha value is -1.00. The molecule has 2 aromatic rings. The van der Waals surface area contributed by atoms with E-state index in [1.807, 2.05) is 31.2 Å². The van der Waals surface area contributed by atoms with Gasteiger partial charge >= 0.3 is 0 Å². The van der Waals surface area contributed by atoms with E-state index in [9.17, 15) is 5.11 Å². The molecule has 0 aliphatic heterocycles. The quantitative estimate of drug-likeness (QED) is 0.455. The van der Waals surface area contributed by atoms with E-state index in [0.717, 1.165) is 22.2 Å². The number of hydrogen-bond donors (Lipinski definition) is 1. The van der Waals surface area contributed by atoms with Gasteiger partial charge in [0.05, 0.1) is 8.95 Å². The van der Waals surface area contributed by atoms with Crippen molar-refractivity contribution < 1.29 is 9.84 Å². The molecule has 0 bridgehead atoms. The first-order valence-electron chi connectivity index (χ1n) is 8.82. The first-order chi connectivity index (χ1) is 11.9. The molecule has 2 unspecified atom stereocenters. The second kappa shape index (κ2) is 9.63. The standard InChI is InChI=1S/C21H26Br2O2/c1-4-7-14(2)12-17-9-6-11-19(23)21(17)25-15(3)13-16-8-5-10-18(22)20(16)24/h5-6,8-11,14-15,24H,4,7,12-13H2,1-3H3. The number of rotatable bonds is 8. The lowest BCUT2D eigenvalue weighted by Crippen LogP contribution is -2.17. The Morgan fingerprint density at radius 2 is 1.60 bits per heavy atom. The molecule has 0 fully saturated rings. The predicted octanol–water partition coefficient (Wildman–Crippen LogP) is 6.91. The summed E-state index contributed by atoms with van der Waals surface area (Å²) in [6, 6.07) is 11.9. The molecule has 0 spiro atoms. The number of phenolic OH excluding ortho intramolecular Hbond substituents is 1. The molecule has 0 radical (unpaired) electrons. The highest BCUT2D eigenvalue weighted by Crippen LogP contribution is 2.34. The molecule has 0 aliphatic rings. The van der Waals surface area contributed by atoms with Crippen molar-refractivity contribution in [3.05, 3.63) is 56.5 Å². The second-order valence-corrected chi connectivity index (χ2v) is 8.41. The maximum absolute atomic E-state index is 10.2. The minimum atomic E-state index is -0.0425. The van der Waals surface area contributed by atoms with Gasteiger partial charge in [-0.15, -0.1) is 0 Å². The number of halogens is 2. The van der Waals surface area contributed by atoms with Gasteiger partial charge in [0.15, 0.2) is 0 Å². The topological polar surface area (TPSA) is 29.5 Å². The molecule has 0 aromatic heterocycles. The maximum Gasteiger partial charge on any atom is 0.137 e. The van der Waals surface area contributed by atoms with Crippen molar-refractivity contribution in [1.82, 2.24) is 0 Å². The average molecular weight is 470 g/mol. The molecular formula is C21H26Br2O2. The van der Waals surface area contributed by atoms with Crippen molar-refractivity contribution in [2.75, 3.05) is 0 Å². The van der Waals surface area contributed by atoms with E-state index in [1.165, 1.54) is 18.4 Å². The molecule has 0 aliphatic carbocycles. The van der Waals surface area contributed by atoms with Crippen LogP contribution in [-0.2, 0) is 12.8 Å². The Morgan fingerprint density at radius 3 is 2.28 bits per heavy atom. The van der Waals surface area contributed by atoms with E-state index in [4.69, 9.17) is 4.74 Å². The van der Waals surface area contributed by atoms with Crippen LogP contribution < -0.4 is 4.74 Å². The Morgan fingerprint density at radius 1 is 0.960 bits per heavy atom. The number of benzene rings is 2. The van der Waals surface area contributed by atoms with Crippen LogP contribution in [-0.4, -0.2) is 11.2 Å². The molecule has 136 valence electrons. The minimum absolute atomic E-state index is 0.0425. The van der Waals surface area contributed by atoms with Crippen molar-refractivity contribution in [2.45, 2.75) is 52.6 Å². The van der Waals surface area contributed by atoms with Crippen molar-refractivity contribution in [3.8, 4) is 11.5 Å². The van der Waals surface area contributed by atoms with E-state index in [0.29, 0.717) is 22.6 Å². The lowest BCUT2D eigenvalue weighted by atomic mass is 9.96. The molecule has 2 nitrogen and oxygen atoms in total. The molecule has 0 amide bonds. The first-order valence-corrected chi connectivity index (χ1v) is 10.4. The molecule has 0 saturated carbocycles. The number of para-hydroxylation sites is 2. The largest absolute Gasteiger partial charge is 0.506 e. The summed E-state index contributed by atoms with van der Waals surface area (Å²) in [6.45, 7) is 6.55. The third-order valence-corrected chi connectivity index (χ3v) is 5.56. The van der Waals surface area contributed by atoms with Gasteiger partial charge in [-0.2, -0.15) is 0 Å². The van der Waals surface area contributed by atoms with Crippen LogP contribution in [0.4, 0.5) is 0 Å². The fraction of sp³-hybridized carbons (Fsp3) is 0.429. The summed E-state index contributed by atoms with van der Waals surface area (Å²) in [5, 5.41) is 10.2. The highest BCUT2D eigenvalue weighted by molar-refractivity contribution is 9.10. The van der Waals surface area contributed by atoms with Crippen LogP contribution in [0.2, 0.25) is 0 Å². The first kappa shape index (κ1) is 20.3. The number of hydrogen-bond acceptors (Lipinski definition) is 2. The van der Waals surface area contributed by atoms with Gasteiger partial charge in [-0.1, -0.05) is 51.0 Å². The van der Waals surface area contributed by atoms with E-state index >= 15 is 0 Å². The van der Waals surface area contributed by atoms with Crippen LogP contribution in [0.1, 0.15) is 44.7 Å². The summed E-state index contributed by atoms with van der Waals surface area (Å²) in [7, 11) is 0. The highest BCUT2D eigenvalue weighted by atomic mass is 79.9. The van der Waals surface area contributed by atoms with Crippen molar-refractivity contribution in [2.24, 2.45) is 5.92 Å². The van der Waals surface area contributed by atoms with E-state index in [-0.39, 0.29) is 6.10 Å². The van der Waals surface area contributed by atoms with Gasteiger partial charge < -0.3 is 9.84 Å². The Balaban J connectivity index is 2.14. The van der Waals surface area contributed by atoms with Gasteiger partial charge in [-0.25, -0.2) is 0 Å². The Labute approximate surface area is 167 Å². The second-order valence-electron chi connectivity index (χ2n) is 6.71. The minimum Gasteiger partial charge on any atom is -0.506 e. The van der Waals surface area contributed by atoms with Crippen LogP contribution in [0.15, 0.2) is 45.3 Å². The van der Waals surface area contributed by atoms with Crippen molar-refractivity contribution in [3.63, 3.8) is 0 Å². The summed E-state index contributed by atoms with van der Waals surface area (Å²) in [5.74, 6) is 1.85. The molecule has 2 atom stereocenters. The van der Waals surface area contributed by atoms with Gasteiger partial charge in [0.2, 0.25) is 0 Å². The lowest BCUT2D eigenvalue weighted by Gasteiger charge is -2.21. The monoisotopic (exact) mass is 468 g/mol. The van der Waals surface area contributed by atoms with Crippen LogP contribution in [0, 0.1) is 5.92 Å². The maximum atomic E-state index is 10.2. The normalized spacial score (nSPS) is 13.5. The van der Waals surface area contributed by atoms with Crippen LogP contribution in [0.5, 0.6) is 11.5 Å². The van der Waals surface area contributed by atoms with Gasteiger partial charge in [-0.3, -0.25) is 0 Å². The van der Waals surface area contributed by atoms with Crippen molar-refractivity contribution >= 4 is 31.9 Å². The fourth-order valence-corrected chi connectivity index (χ4v) is 4.00. The van der Waals surface area contributed by atoms with E-state index in [1.54, 1.807) is 0 Å². The van der Waals surface area contributed by atoms with Gasteiger partial charge in [0, 0.05) is 6.42 Å². The molecule has 4 heteroatoms. The summed E-state index contributed by atoms with van der Waals surface area (Å²) < 4.78 is 7.98. The zero-order valence-electron chi connectivity index (χ0n) is 15.1. The van der Waals surface area contributed by atoms with E-state index < -0.39 is 0 Å². The molecule has 0 heterocycles. The lowest BCUT2D eigenvalue weighted by molar-refractivity contribution is 0.216. The predicted molar refractivity (Wildman–Crippen MR) is 112 cm³/mol.